The van der Waals surface area contributed by atoms with Gasteiger partial charge in [-0.15, -0.1) is 0 Å². The van der Waals surface area contributed by atoms with Gasteiger partial charge in [-0.1, -0.05) is 23.7 Å². The van der Waals surface area contributed by atoms with Gasteiger partial charge >= 0.3 is 0 Å². The summed E-state index contributed by atoms with van der Waals surface area (Å²) in [5.74, 6) is 0.531. The van der Waals surface area contributed by atoms with Gasteiger partial charge in [0.15, 0.2) is 11.5 Å². The summed E-state index contributed by atoms with van der Waals surface area (Å²) >= 11 is 6.52. The van der Waals surface area contributed by atoms with Crippen LogP contribution in [0.3, 0.4) is 0 Å². The Kier molecular flexibility index (Phi) is 5.36. The van der Waals surface area contributed by atoms with Crippen molar-refractivity contribution in [2.45, 2.75) is 13.0 Å². The van der Waals surface area contributed by atoms with Crippen LogP contribution in [0.4, 0.5) is 5.82 Å². The van der Waals surface area contributed by atoms with Crippen LogP contribution >= 0.6 is 11.6 Å². The first-order valence-electron chi connectivity index (χ1n) is 10.5. The number of benzene rings is 1. The van der Waals surface area contributed by atoms with Crippen molar-refractivity contribution in [1.29, 1.82) is 0 Å². The Morgan fingerprint density at radius 3 is 2.81 bits per heavy atom. The molecule has 4 aromatic rings. The van der Waals surface area contributed by atoms with Crippen molar-refractivity contribution < 1.29 is 4.79 Å². The lowest BCUT2D eigenvalue weighted by Crippen LogP contribution is -2.47. The highest BCUT2D eigenvalue weighted by atomic mass is 35.5. The van der Waals surface area contributed by atoms with E-state index in [1.165, 1.54) is 6.33 Å². The van der Waals surface area contributed by atoms with E-state index in [2.05, 4.69) is 37.2 Å². The molecule has 10 heteroatoms. The number of carbonyl (C=O) groups is 1. The van der Waals surface area contributed by atoms with Crippen LogP contribution < -0.4 is 5.32 Å². The third-order valence-electron chi connectivity index (χ3n) is 5.84. The third kappa shape index (κ3) is 3.74. The van der Waals surface area contributed by atoms with Crippen molar-refractivity contribution in [3.63, 3.8) is 0 Å². The van der Waals surface area contributed by atoms with Crippen molar-refractivity contribution in [1.82, 2.24) is 34.7 Å². The molecule has 4 heterocycles. The predicted molar refractivity (Wildman–Crippen MR) is 124 cm³/mol. The SMILES string of the molecule is CC(Nc1ncnc2nc[nH]c12)c1cc2cccc(Cl)c2c(C(=O)N2CCN(C)CC2)n1. The van der Waals surface area contributed by atoms with Gasteiger partial charge in [0.2, 0.25) is 0 Å². The fourth-order valence-electron chi connectivity index (χ4n) is 3.98. The number of aromatic nitrogens is 5. The zero-order chi connectivity index (χ0) is 22.2. The molecule has 1 unspecified atom stereocenters. The molecule has 0 bridgehead atoms. The highest BCUT2D eigenvalue weighted by Crippen LogP contribution is 2.30. The lowest BCUT2D eigenvalue weighted by atomic mass is 10.0. The lowest BCUT2D eigenvalue weighted by Gasteiger charge is -2.32. The van der Waals surface area contributed by atoms with Crippen LogP contribution in [0.15, 0.2) is 36.9 Å². The first-order chi connectivity index (χ1) is 15.5. The molecule has 0 saturated carbocycles. The van der Waals surface area contributed by atoms with Gasteiger partial charge in [-0.2, -0.15) is 0 Å². The molecule has 3 aromatic heterocycles. The van der Waals surface area contributed by atoms with Gasteiger partial charge in [0, 0.05) is 31.6 Å². The molecule has 1 aliphatic rings. The Balaban J connectivity index is 1.54. The van der Waals surface area contributed by atoms with Crippen molar-refractivity contribution >= 4 is 45.3 Å². The Bertz CT molecular complexity index is 1300. The molecule has 0 spiro atoms. The number of fused-ring (bicyclic) bond motifs is 2. The highest BCUT2D eigenvalue weighted by Gasteiger charge is 2.25. The smallest absolute Gasteiger partial charge is 0.273 e. The van der Waals surface area contributed by atoms with E-state index in [1.807, 2.05) is 30.0 Å². The maximum atomic E-state index is 13.5. The number of pyridine rings is 1. The molecular weight excluding hydrogens is 428 g/mol. The number of anilines is 1. The van der Waals surface area contributed by atoms with Crippen molar-refractivity contribution in [2.24, 2.45) is 0 Å². The maximum absolute atomic E-state index is 13.5. The van der Waals surface area contributed by atoms with Gasteiger partial charge in [-0.25, -0.2) is 19.9 Å². The number of nitrogens with zero attached hydrogens (tertiary/aromatic N) is 6. The summed E-state index contributed by atoms with van der Waals surface area (Å²) in [7, 11) is 2.06. The van der Waals surface area contributed by atoms with Gasteiger partial charge < -0.3 is 20.1 Å². The van der Waals surface area contributed by atoms with Crippen molar-refractivity contribution in [2.75, 3.05) is 38.5 Å². The Morgan fingerprint density at radius 2 is 2.00 bits per heavy atom. The van der Waals surface area contributed by atoms with Crippen LogP contribution in [0.5, 0.6) is 0 Å². The average Bonchev–Trinajstić information content (AvgIpc) is 3.28. The topological polar surface area (TPSA) is 103 Å². The summed E-state index contributed by atoms with van der Waals surface area (Å²) in [4.78, 5) is 38.1. The zero-order valence-electron chi connectivity index (χ0n) is 17.8. The number of imidazole rings is 1. The van der Waals surface area contributed by atoms with Gasteiger partial charge in [-0.05, 0) is 31.5 Å². The summed E-state index contributed by atoms with van der Waals surface area (Å²) < 4.78 is 0. The Labute approximate surface area is 189 Å². The first kappa shape index (κ1) is 20.6. The fourth-order valence-corrected chi connectivity index (χ4v) is 4.25. The third-order valence-corrected chi connectivity index (χ3v) is 6.15. The molecule has 5 rings (SSSR count). The molecule has 1 saturated heterocycles. The first-order valence-corrected chi connectivity index (χ1v) is 10.9. The molecule has 1 aromatic carbocycles. The van der Waals surface area contributed by atoms with E-state index in [1.54, 1.807) is 12.4 Å². The summed E-state index contributed by atoms with van der Waals surface area (Å²) in [5.41, 5.74) is 2.41. The van der Waals surface area contributed by atoms with E-state index in [-0.39, 0.29) is 11.9 Å². The van der Waals surface area contributed by atoms with E-state index < -0.39 is 0 Å². The van der Waals surface area contributed by atoms with E-state index in [9.17, 15) is 4.79 Å². The number of likely N-dealkylation sites (N-methyl/N-ethyl adjacent to an activating group) is 1. The molecule has 0 radical (unpaired) electrons. The van der Waals surface area contributed by atoms with E-state index >= 15 is 0 Å². The standard InChI is InChI=1S/C22H23ClN8O/c1-13(28-21-19-20(25-11-24-19)26-12-27-21)16-10-14-4-3-5-15(23)17(14)18(29-16)22(32)31-8-6-30(2)7-9-31/h3-5,10-13H,6-9H2,1-2H3,(H2,24,25,26,27,28). The quantitative estimate of drug-likeness (QED) is 0.492. The van der Waals surface area contributed by atoms with Crippen LogP contribution in [0, 0.1) is 0 Å². The van der Waals surface area contributed by atoms with Crippen LogP contribution in [0.25, 0.3) is 21.9 Å². The number of aromatic amines is 1. The molecule has 164 valence electrons. The van der Waals surface area contributed by atoms with E-state index in [4.69, 9.17) is 16.6 Å². The summed E-state index contributed by atoms with van der Waals surface area (Å²) in [6.45, 7) is 4.98. The summed E-state index contributed by atoms with van der Waals surface area (Å²) in [6.07, 6.45) is 3.05. The minimum absolute atomic E-state index is 0.0942. The molecule has 9 nitrogen and oxygen atoms in total. The van der Waals surface area contributed by atoms with Crippen LogP contribution in [-0.4, -0.2) is 73.9 Å². The number of amides is 1. The van der Waals surface area contributed by atoms with Gasteiger partial charge in [-0.3, -0.25) is 4.79 Å². The number of carbonyl (C=O) groups excluding carboxylic acids is 1. The van der Waals surface area contributed by atoms with E-state index in [0.29, 0.717) is 40.7 Å². The largest absolute Gasteiger partial charge is 0.360 e. The number of hydrogen-bond donors (Lipinski definition) is 2. The van der Waals surface area contributed by atoms with Gasteiger partial charge in [0.1, 0.15) is 17.5 Å². The number of halogens is 1. The number of piperazine rings is 1. The fraction of sp³-hybridized carbons (Fsp3) is 0.318. The Hall–Kier alpha value is -3.30. The molecule has 1 aliphatic heterocycles. The van der Waals surface area contributed by atoms with Crippen molar-refractivity contribution in [3.8, 4) is 0 Å². The summed E-state index contributed by atoms with van der Waals surface area (Å²) in [6, 6.07) is 7.38. The van der Waals surface area contributed by atoms with Crippen molar-refractivity contribution in [3.05, 3.63) is 53.3 Å². The molecular formula is C22H23ClN8O. The van der Waals surface area contributed by atoms with E-state index in [0.717, 1.165) is 29.7 Å². The second-order valence-corrected chi connectivity index (χ2v) is 8.43. The summed E-state index contributed by atoms with van der Waals surface area (Å²) in [5, 5.41) is 5.46. The number of rotatable bonds is 4. The normalized spacial score (nSPS) is 15.9. The minimum Gasteiger partial charge on any atom is -0.360 e. The van der Waals surface area contributed by atoms with Gasteiger partial charge in [0.05, 0.1) is 23.1 Å². The molecule has 2 N–H and O–H groups in total. The second-order valence-electron chi connectivity index (χ2n) is 8.02. The molecule has 32 heavy (non-hydrogen) atoms. The molecule has 0 aliphatic carbocycles. The maximum Gasteiger partial charge on any atom is 0.273 e. The number of H-pyrrole nitrogens is 1. The number of nitrogens with one attached hydrogen (secondary N) is 2. The average molecular weight is 451 g/mol. The zero-order valence-corrected chi connectivity index (χ0v) is 18.6. The molecule has 1 fully saturated rings. The highest BCUT2D eigenvalue weighted by molar-refractivity contribution is 6.36. The lowest BCUT2D eigenvalue weighted by molar-refractivity contribution is 0.0660. The Morgan fingerprint density at radius 1 is 1.19 bits per heavy atom. The second kappa shape index (κ2) is 8.33. The molecule has 1 amide bonds. The minimum atomic E-state index is -0.223. The molecule has 1 atom stereocenters. The monoisotopic (exact) mass is 450 g/mol. The predicted octanol–water partition coefficient (Wildman–Crippen LogP) is 3.12. The number of hydrogen-bond acceptors (Lipinski definition) is 7. The van der Waals surface area contributed by atoms with Crippen LogP contribution in [0.1, 0.15) is 29.1 Å². The van der Waals surface area contributed by atoms with Gasteiger partial charge in [0.25, 0.3) is 5.91 Å². The van der Waals surface area contributed by atoms with Crippen LogP contribution in [0.2, 0.25) is 5.02 Å². The van der Waals surface area contributed by atoms with Crippen LogP contribution in [-0.2, 0) is 0 Å².